The van der Waals surface area contributed by atoms with Crippen LogP contribution < -0.4 is 9.47 Å². The highest BCUT2D eigenvalue weighted by Gasteiger charge is 2.49. The summed E-state index contributed by atoms with van der Waals surface area (Å²) in [5.41, 5.74) is 3.08. The SMILES string of the molecule is C=CCOc1c(Br)cc(C2C3=C(CC(C)(C)CC3=O)N(CCC(=O)O)C3=C2C(=O)CC(C)(C)C3)cc1OCC. The fourth-order valence-electron chi connectivity index (χ4n) is 6.16. The van der Waals surface area contributed by atoms with E-state index in [1.807, 2.05) is 24.0 Å². The highest BCUT2D eigenvalue weighted by Crippen LogP contribution is 2.55. The van der Waals surface area contributed by atoms with Gasteiger partial charge in [-0.05, 0) is 64.2 Å². The summed E-state index contributed by atoms with van der Waals surface area (Å²) in [5, 5.41) is 9.54. The molecule has 1 aromatic carbocycles. The first-order valence-corrected chi connectivity index (χ1v) is 14.3. The van der Waals surface area contributed by atoms with Gasteiger partial charge in [-0.25, -0.2) is 0 Å². The predicted octanol–water partition coefficient (Wildman–Crippen LogP) is 6.57. The quantitative estimate of drug-likeness (QED) is 0.321. The molecule has 1 heterocycles. The van der Waals surface area contributed by atoms with Gasteiger partial charge in [-0.1, -0.05) is 40.3 Å². The molecule has 0 bridgehead atoms. The van der Waals surface area contributed by atoms with Crippen LogP contribution in [0.5, 0.6) is 11.5 Å². The molecule has 8 heteroatoms. The number of nitrogens with zero attached hydrogens (tertiary/aromatic N) is 1. The van der Waals surface area contributed by atoms with Gasteiger partial charge in [-0.15, -0.1) is 0 Å². The Bertz CT molecular complexity index is 1230. The average Bonchev–Trinajstić information content (AvgIpc) is 2.80. The number of benzene rings is 1. The van der Waals surface area contributed by atoms with Crippen LogP contribution in [0.4, 0.5) is 0 Å². The Morgan fingerprint density at radius 3 is 2.10 bits per heavy atom. The van der Waals surface area contributed by atoms with E-state index in [-0.39, 0.29) is 35.4 Å². The highest BCUT2D eigenvalue weighted by molar-refractivity contribution is 9.10. The number of Topliss-reactive ketones (excluding diaryl/α,β-unsaturated/α-hetero) is 2. The van der Waals surface area contributed by atoms with E-state index in [1.54, 1.807) is 6.08 Å². The van der Waals surface area contributed by atoms with Crippen LogP contribution >= 0.6 is 15.9 Å². The fourth-order valence-corrected chi connectivity index (χ4v) is 6.73. The molecule has 1 N–H and O–H groups in total. The fraction of sp³-hybridized carbons (Fsp3) is 0.516. The molecule has 3 aliphatic rings. The Balaban J connectivity index is 1.99. The molecule has 0 amide bonds. The lowest BCUT2D eigenvalue weighted by molar-refractivity contribution is -0.137. The van der Waals surface area contributed by atoms with Gasteiger partial charge in [0, 0.05) is 47.8 Å². The van der Waals surface area contributed by atoms with Gasteiger partial charge < -0.3 is 19.5 Å². The number of rotatable bonds is 9. The predicted molar refractivity (Wildman–Crippen MR) is 153 cm³/mol. The van der Waals surface area contributed by atoms with E-state index < -0.39 is 11.9 Å². The van der Waals surface area contributed by atoms with Gasteiger partial charge in [0.25, 0.3) is 0 Å². The average molecular weight is 601 g/mol. The van der Waals surface area contributed by atoms with Crippen molar-refractivity contribution in [2.45, 2.75) is 72.6 Å². The van der Waals surface area contributed by atoms with E-state index in [2.05, 4.69) is 50.2 Å². The first-order chi connectivity index (χ1) is 18.3. The lowest BCUT2D eigenvalue weighted by atomic mass is 9.63. The second-order valence-electron chi connectivity index (χ2n) is 12.2. The van der Waals surface area contributed by atoms with E-state index in [1.165, 1.54) is 0 Å². The van der Waals surface area contributed by atoms with Crippen molar-refractivity contribution in [2.75, 3.05) is 19.8 Å². The zero-order valence-corrected chi connectivity index (χ0v) is 25.1. The molecule has 2 aliphatic carbocycles. The zero-order valence-electron chi connectivity index (χ0n) is 23.5. The maximum atomic E-state index is 13.9. The number of allylic oxidation sites excluding steroid dienone is 4. The van der Waals surface area contributed by atoms with Crippen LogP contribution in [0.1, 0.15) is 78.2 Å². The van der Waals surface area contributed by atoms with E-state index >= 15 is 0 Å². The van der Waals surface area contributed by atoms with Crippen LogP contribution in [-0.4, -0.2) is 47.3 Å². The summed E-state index contributed by atoms with van der Waals surface area (Å²) in [5.74, 6) is -0.422. The molecule has 7 nitrogen and oxygen atoms in total. The summed E-state index contributed by atoms with van der Waals surface area (Å²) in [7, 11) is 0. The number of hydrogen-bond acceptors (Lipinski definition) is 6. The van der Waals surface area contributed by atoms with Crippen molar-refractivity contribution >= 4 is 33.5 Å². The molecule has 0 saturated heterocycles. The Labute approximate surface area is 239 Å². The summed E-state index contributed by atoms with van der Waals surface area (Å²) in [6.07, 6.45) is 3.53. The molecule has 4 rings (SSSR count). The summed E-state index contributed by atoms with van der Waals surface area (Å²) in [6, 6.07) is 3.79. The Morgan fingerprint density at radius 1 is 1.05 bits per heavy atom. The molecule has 0 spiro atoms. The maximum absolute atomic E-state index is 13.9. The van der Waals surface area contributed by atoms with E-state index in [9.17, 15) is 19.5 Å². The molecule has 0 fully saturated rings. The van der Waals surface area contributed by atoms with Gasteiger partial charge in [0.05, 0.1) is 17.5 Å². The largest absolute Gasteiger partial charge is 0.490 e. The first-order valence-electron chi connectivity index (χ1n) is 13.5. The second kappa shape index (κ2) is 11.0. The first kappa shape index (κ1) is 29.1. The normalized spacial score (nSPS) is 20.5. The van der Waals surface area contributed by atoms with Gasteiger partial charge in [-0.2, -0.15) is 0 Å². The number of ether oxygens (including phenoxy) is 2. The monoisotopic (exact) mass is 599 g/mol. The molecule has 0 radical (unpaired) electrons. The molecule has 0 saturated carbocycles. The summed E-state index contributed by atoms with van der Waals surface area (Å²) in [6.45, 7) is 14.8. The van der Waals surface area contributed by atoms with Crippen LogP contribution in [0, 0.1) is 10.8 Å². The molecule has 1 aliphatic heterocycles. The number of ketones is 2. The minimum Gasteiger partial charge on any atom is -0.490 e. The van der Waals surface area contributed by atoms with E-state index in [4.69, 9.17) is 9.47 Å². The summed E-state index contributed by atoms with van der Waals surface area (Å²) >= 11 is 3.64. The number of halogens is 1. The van der Waals surface area contributed by atoms with Crippen LogP contribution in [0.2, 0.25) is 0 Å². The summed E-state index contributed by atoms with van der Waals surface area (Å²) < 4.78 is 12.5. The molecular weight excluding hydrogens is 562 g/mol. The number of hydrogen-bond donors (Lipinski definition) is 1. The van der Waals surface area contributed by atoms with Gasteiger partial charge in [0.2, 0.25) is 0 Å². The van der Waals surface area contributed by atoms with Crippen LogP contribution in [-0.2, 0) is 14.4 Å². The minimum absolute atomic E-state index is 0.00294. The Morgan fingerprint density at radius 2 is 1.62 bits per heavy atom. The van der Waals surface area contributed by atoms with Crippen molar-refractivity contribution in [1.29, 1.82) is 0 Å². The van der Waals surface area contributed by atoms with Crippen molar-refractivity contribution in [2.24, 2.45) is 10.8 Å². The van der Waals surface area contributed by atoms with Gasteiger partial charge >= 0.3 is 5.97 Å². The zero-order chi connectivity index (χ0) is 28.7. The molecule has 0 unspecified atom stereocenters. The lowest BCUT2D eigenvalue weighted by Gasteiger charge is -2.49. The number of carboxylic acid groups (broad SMARTS) is 1. The van der Waals surface area contributed by atoms with Crippen LogP contribution in [0.3, 0.4) is 0 Å². The minimum atomic E-state index is -0.912. The van der Waals surface area contributed by atoms with Crippen LogP contribution in [0.15, 0.2) is 51.8 Å². The molecule has 39 heavy (non-hydrogen) atoms. The van der Waals surface area contributed by atoms with Crippen molar-refractivity contribution < 1.29 is 29.0 Å². The van der Waals surface area contributed by atoms with Crippen molar-refractivity contribution in [3.8, 4) is 11.5 Å². The Kier molecular flexibility index (Phi) is 8.18. The molecule has 0 aromatic heterocycles. The van der Waals surface area contributed by atoms with E-state index in [0.29, 0.717) is 66.0 Å². The number of aliphatic carboxylic acids is 1. The molecular formula is C31H38BrNO6. The number of carbonyl (C=O) groups is 3. The molecule has 210 valence electrons. The smallest absolute Gasteiger partial charge is 0.305 e. The molecule has 1 aromatic rings. The van der Waals surface area contributed by atoms with Gasteiger partial charge in [0.15, 0.2) is 23.1 Å². The maximum Gasteiger partial charge on any atom is 0.305 e. The van der Waals surface area contributed by atoms with Crippen molar-refractivity contribution in [1.82, 2.24) is 4.90 Å². The Hall–Kier alpha value is -2.87. The van der Waals surface area contributed by atoms with Crippen LogP contribution in [0.25, 0.3) is 0 Å². The topological polar surface area (TPSA) is 93.1 Å². The number of carbonyl (C=O) groups excluding carboxylic acids is 2. The molecule has 0 atom stereocenters. The highest BCUT2D eigenvalue weighted by atomic mass is 79.9. The van der Waals surface area contributed by atoms with Gasteiger partial charge in [-0.3, -0.25) is 14.4 Å². The van der Waals surface area contributed by atoms with Crippen molar-refractivity contribution in [3.05, 3.63) is 57.4 Å². The lowest BCUT2D eigenvalue weighted by Crippen LogP contribution is -2.45. The summed E-state index contributed by atoms with van der Waals surface area (Å²) in [4.78, 5) is 41.5. The third kappa shape index (κ3) is 5.86. The number of carboxylic acids is 1. The second-order valence-corrected chi connectivity index (χ2v) is 13.0. The van der Waals surface area contributed by atoms with Crippen molar-refractivity contribution in [3.63, 3.8) is 0 Å². The third-order valence-electron chi connectivity index (χ3n) is 7.58. The third-order valence-corrected chi connectivity index (χ3v) is 8.17. The van der Waals surface area contributed by atoms with Gasteiger partial charge in [0.1, 0.15) is 6.61 Å². The van der Waals surface area contributed by atoms with E-state index in [0.717, 1.165) is 17.0 Å². The standard InChI is InChI=1S/C31H38BrNO6/c1-7-11-39-29-19(32)12-18(13-24(29)38-8-2)26-27-20(14-30(3,4)16-22(27)34)33(10-9-25(36)37)21-15-31(5,6)17-23(35)28(21)26/h7,12-13,26H,1,8-11,14-17H2,2-6H3,(H,36,37).